The summed E-state index contributed by atoms with van der Waals surface area (Å²) < 4.78 is 14.1. The number of hydrogen-bond acceptors (Lipinski definition) is 4. The second kappa shape index (κ2) is 10.4. The van der Waals surface area contributed by atoms with Crippen LogP contribution in [0.5, 0.6) is 0 Å². The summed E-state index contributed by atoms with van der Waals surface area (Å²) in [6.45, 7) is 5.52. The van der Waals surface area contributed by atoms with Gasteiger partial charge in [-0.1, -0.05) is 23.7 Å². The van der Waals surface area contributed by atoms with Crippen molar-refractivity contribution in [2.24, 2.45) is 5.92 Å². The number of likely N-dealkylation sites (tertiary alicyclic amines) is 1. The zero-order valence-corrected chi connectivity index (χ0v) is 18.6. The smallest absolute Gasteiger partial charge is 0.222 e. The molecule has 2 aliphatic heterocycles. The summed E-state index contributed by atoms with van der Waals surface area (Å²) in [5.41, 5.74) is 0.576. The van der Waals surface area contributed by atoms with Gasteiger partial charge in [0.25, 0.3) is 0 Å². The number of benzene rings is 1. The number of halogens is 2. The third-order valence-corrected chi connectivity index (χ3v) is 6.77. The molecule has 0 bridgehead atoms. The number of piperidine rings is 1. The van der Waals surface area contributed by atoms with Crippen LogP contribution in [0.4, 0.5) is 10.2 Å². The minimum atomic E-state index is -0.241. The van der Waals surface area contributed by atoms with Crippen LogP contribution in [0.15, 0.2) is 42.6 Å². The summed E-state index contributed by atoms with van der Waals surface area (Å²) in [6.07, 6.45) is 5.49. The van der Waals surface area contributed by atoms with Gasteiger partial charge in [-0.15, -0.1) is 0 Å². The van der Waals surface area contributed by atoms with Crippen molar-refractivity contribution in [3.05, 3.63) is 59.0 Å². The molecule has 1 amide bonds. The summed E-state index contributed by atoms with van der Waals surface area (Å²) in [5, 5.41) is 0.488. The highest BCUT2D eigenvalue weighted by Crippen LogP contribution is 2.26. The van der Waals surface area contributed by atoms with E-state index in [2.05, 4.69) is 14.8 Å². The first-order chi connectivity index (χ1) is 15.1. The van der Waals surface area contributed by atoms with Crippen molar-refractivity contribution in [2.75, 3.05) is 44.2 Å². The number of hydrogen-bond donors (Lipinski definition) is 0. The third-order valence-electron chi connectivity index (χ3n) is 6.42. The van der Waals surface area contributed by atoms with Crippen LogP contribution < -0.4 is 4.90 Å². The number of carbonyl (C=O) groups is 1. The molecule has 0 aliphatic carbocycles. The van der Waals surface area contributed by atoms with Crippen molar-refractivity contribution in [1.82, 2.24) is 14.8 Å². The van der Waals surface area contributed by atoms with Crippen LogP contribution >= 0.6 is 11.6 Å². The summed E-state index contributed by atoms with van der Waals surface area (Å²) in [7, 11) is 0. The number of nitrogens with zero attached hydrogens (tertiary/aromatic N) is 4. The molecule has 2 fully saturated rings. The molecule has 4 rings (SSSR count). The van der Waals surface area contributed by atoms with E-state index in [0.29, 0.717) is 29.5 Å². The molecule has 5 nitrogen and oxygen atoms in total. The molecule has 1 unspecified atom stereocenters. The molecule has 7 heteroatoms. The van der Waals surface area contributed by atoms with Crippen molar-refractivity contribution in [2.45, 2.75) is 32.2 Å². The molecular formula is C24H30ClFN4O. The van der Waals surface area contributed by atoms with Gasteiger partial charge in [0.1, 0.15) is 11.6 Å². The molecule has 3 heterocycles. The highest BCUT2D eigenvalue weighted by Gasteiger charge is 2.25. The fraction of sp³-hybridized carbons (Fsp3) is 0.500. The second-order valence-corrected chi connectivity index (χ2v) is 8.95. The Hall–Kier alpha value is -2.18. The standard InChI is InChI=1S/C24H30ClFN4O/c25-21-6-3-7-22(26)20(21)18-28-12-4-5-19(17-28)9-10-24(31)30-15-13-29(14-16-30)23-8-1-2-11-27-23/h1-3,6-8,11,19H,4-5,9-10,12-18H2. The van der Waals surface area contributed by atoms with Crippen molar-refractivity contribution in [1.29, 1.82) is 0 Å². The zero-order chi connectivity index (χ0) is 21.6. The van der Waals surface area contributed by atoms with Gasteiger partial charge >= 0.3 is 0 Å². The third kappa shape index (κ3) is 5.74. The molecule has 31 heavy (non-hydrogen) atoms. The Balaban J connectivity index is 1.22. The van der Waals surface area contributed by atoms with E-state index in [1.807, 2.05) is 23.1 Å². The number of amides is 1. The Morgan fingerprint density at radius 1 is 1.10 bits per heavy atom. The van der Waals surface area contributed by atoms with E-state index in [9.17, 15) is 9.18 Å². The lowest BCUT2D eigenvalue weighted by Gasteiger charge is -2.36. The minimum absolute atomic E-state index is 0.241. The molecule has 0 spiro atoms. The van der Waals surface area contributed by atoms with Gasteiger partial charge in [-0.25, -0.2) is 9.37 Å². The quantitative estimate of drug-likeness (QED) is 0.669. The van der Waals surface area contributed by atoms with Crippen LogP contribution in [0, 0.1) is 11.7 Å². The van der Waals surface area contributed by atoms with Crippen LogP contribution in [0.3, 0.4) is 0 Å². The Bertz CT molecular complexity index is 853. The van der Waals surface area contributed by atoms with Crippen molar-refractivity contribution < 1.29 is 9.18 Å². The first-order valence-electron chi connectivity index (χ1n) is 11.2. The summed E-state index contributed by atoms with van der Waals surface area (Å²) >= 11 is 6.20. The fourth-order valence-electron chi connectivity index (χ4n) is 4.65. The average Bonchev–Trinajstić information content (AvgIpc) is 2.81. The molecule has 2 saturated heterocycles. The number of pyridine rings is 1. The number of piperazine rings is 1. The Morgan fingerprint density at radius 3 is 2.68 bits per heavy atom. The monoisotopic (exact) mass is 444 g/mol. The van der Waals surface area contributed by atoms with Gasteiger partial charge in [0.15, 0.2) is 0 Å². The number of anilines is 1. The number of rotatable bonds is 6. The lowest BCUT2D eigenvalue weighted by Crippen LogP contribution is -2.49. The normalized spacial score (nSPS) is 20.1. The Morgan fingerprint density at radius 2 is 1.94 bits per heavy atom. The van der Waals surface area contributed by atoms with Crippen molar-refractivity contribution in [3.63, 3.8) is 0 Å². The molecule has 1 atom stereocenters. The SMILES string of the molecule is O=C(CCC1CCCN(Cc2c(F)cccc2Cl)C1)N1CCN(c2ccccn2)CC1. The van der Waals surface area contributed by atoms with E-state index in [4.69, 9.17) is 11.6 Å². The van der Waals surface area contributed by atoms with Crippen molar-refractivity contribution >= 4 is 23.3 Å². The maximum Gasteiger partial charge on any atom is 0.222 e. The molecular weight excluding hydrogens is 415 g/mol. The molecule has 166 valence electrons. The highest BCUT2D eigenvalue weighted by molar-refractivity contribution is 6.31. The van der Waals surface area contributed by atoms with E-state index in [1.54, 1.807) is 18.3 Å². The first kappa shape index (κ1) is 22.0. The van der Waals surface area contributed by atoms with E-state index >= 15 is 0 Å². The maximum atomic E-state index is 14.1. The Kier molecular flexibility index (Phi) is 7.41. The van der Waals surface area contributed by atoms with E-state index in [-0.39, 0.29) is 11.7 Å². The van der Waals surface area contributed by atoms with E-state index in [0.717, 1.165) is 64.3 Å². The summed E-state index contributed by atoms with van der Waals surface area (Å²) in [6, 6.07) is 10.8. The molecule has 0 saturated carbocycles. The van der Waals surface area contributed by atoms with Crippen LogP contribution in [-0.4, -0.2) is 60.0 Å². The van der Waals surface area contributed by atoms with E-state index < -0.39 is 0 Å². The molecule has 2 aromatic rings. The highest BCUT2D eigenvalue weighted by atomic mass is 35.5. The van der Waals surface area contributed by atoms with Gasteiger partial charge in [-0.3, -0.25) is 9.69 Å². The summed E-state index contributed by atoms with van der Waals surface area (Å²) in [5.74, 6) is 1.45. The summed E-state index contributed by atoms with van der Waals surface area (Å²) in [4.78, 5) is 23.7. The predicted octanol–water partition coefficient (Wildman–Crippen LogP) is 4.22. The van der Waals surface area contributed by atoms with Gasteiger partial charge < -0.3 is 9.80 Å². The first-order valence-corrected chi connectivity index (χ1v) is 11.6. The zero-order valence-electron chi connectivity index (χ0n) is 17.9. The van der Waals surface area contributed by atoms with Gasteiger partial charge in [0, 0.05) is 62.5 Å². The van der Waals surface area contributed by atoms with E-state index in [1.165, 1.54) is 6.07 Å². The molecule has 2 aliphatic rings. The lowest BCUT2D eigenvalue weighted by atomic mass is 9.92. The lowest BCUT2D eigenvalue weighted by molar-refractivity contribution is -0.131. The average molecular weight is 445 g/mol. The molecule has 1 aromatic heterocycles. The van der Waals surface area contributed by atoms with Crippen LogP contribution in [-0.2, 0) is 11.3 Å². The van der Waals surface area contributed by atoms with Crippen LogP contribution in [0.2, 0.25) is 5.02 Å². The topological polar surface area (TPSA) is 39.7 Å². The Labute approximate surface area is 188 Å². The van der Waals surface area contributed by atoms with Gasteiger partial charge in [-0.2, -0.15) is 0 Å². The minimum Gasteiger partial charge on any atom is -0.353 e. The second-order valence-electron chi connectivity index (χ2n) is 8.54. The molecule has 1 aromatic carbocycles. The van der Waals surface area contributed by atoms with Gasteiger partial charge in [-0.05, 0) is 56.0 Å². The predicted molar refractivity (Wildman–Crippen MR) is 122 cm³/mol. The van der Waals surface area contributed by atoms with Crippen LogP contribution in [0.1, 0.15) is 31.2 Å². The maximum absolute atomic E-state index is 14.1. The van der Waals surface area contributed by atoms with Crippen molar-refractivity contribution in [3.8, 4) is 0 Å². The number of aromatic nitrogens is 1. The van der Waals surface area contributed by atoms with Crippen LogP contribution in [0.25, 0.3) is 0 Å². The van der Waals surface area contributed by atoms with Gasteiger partial charge in [0.05, 0.1) is 0 Å². The van der Waals surface area contributed by atoms with Gasteiger partial charge in [0.2, 0.25) is 5.91 Å². The largest absolute Gasteiger partial charge is 0.353 e. The molecule has 0 N–H and O–H groups in total. The number of carbonyl (C=O) groups excluding carboxylic acids is 1. The molecule has 0 radical (unpaired) electrons. The fourth-order valence-corrected chi connectivity index (χ4v) is 4.87.